The molecule has 1 aromatic heterocycles. The smallest absolute Gasteiger partial charge is 0.351 e. The van der Waals surface area contributed by atoms with Crippen LogP contribution >= 0.6 is 11.6 Å². The van der Waals surface area contributed by atoms with Gasteiger partial charge in [0.15, 0.2) is 5.69 Å². The number of aromatic nitrogens is 2. The average molecular weight is 416 g/mol. The van der Waals surface area contributed by atoms with Crippen LogP contribution in [-0.4, -0.2) is 21.7 Å². The Hall–Kier alpha value is -1.24. The Kier molecular flexibility index (Phi) is 4.27. The van der Waals surface area contributed by atoms with Crippen LogP contribution in [0, 0.1) is 23.7 Å². The number of alkyl halides is 3. The van der Waals surface area contributed by atoms with Gasteiger partial charge in [-0.2, -0.15) is 18.3 Å². The topological polar surface area (TPSA) is 46.9 Å². The molecule has 1 atom stereocenters. The van der Waals surface area contributed by atoms with E-state index in [0.717, 1.165) is 24.7 Å². The van der Waals surface area contributed by atoms with Crippen molar-refractivity contribution in [1.29, 1.82) is 0 Å². The molecule has 1 unspecified atom stereocenters. The molecule has 154 valence electrons. The highest BCUT2D eigenvalue weighted by atomic mass is 35.5. The van der Waals surface area contributed by atoms with Crippen LogP contribution in [0.1, 0.15) is 75.2 Å². The third-order valence-corrected chi connectivity index (χ3v) is 7.77. The first-order valence-corrected chi connectivity index (χ1v) is 10.8. The highest BCUT2D eigenvalue weighted by Crippen LogP contribution is 2.54. The third-order valence-electron chi connectivity index (χ3n) is 7.40. The fourth-order valence-electron chi connectivity index (χ4n) is 6.18. The maximum absolute atomic E-state index is 13.3. The van der Waals surface area contributed by atoms with Crippen molar-refractivity contribution in [3.63, 3.8) is 0 Å². The van der Waals surface area contributed by atoms with Gasteiger partial charge in [0.1, 0.15) is 6.04 Å². The molecule has 5 aliphatic rings. The van der Waals surface area contributed by atoms with E-state index in [1.165, 1.54) is 36.8 Å². The SMILES string of the molecule is CC(C(=O)NC1C2CC3CC(C2)CC1C3)n1nc(C(F)(F)F)c(Cl)c1C1CC1. The Morgan fingerprint density at radius 2 is 1.71 bits per heavy atom. The molecule has 1 aromatic rings. The Morgan fingerprint density at radius 1 is 1.14 bits per heavy atom. The number of hydrogen-bond donors (Lipinski definition) is 1. The number of amides is 1. The summed E-state index contributed by atoms with van der Waals surface area (Å²) < 4.78 is 41.1. The molecule has 6 rings (SSSR count). The van der Waals surface area contributed by atoms with Crippen LogP contribution < -0.4 is 5.32 Å². The normalized spacial score (nSPS) is 35.2. The van der Waals surface area contributed by atoms with E-state index in [4.69, 9.17) is 11.6 Å². The zero-order chi connectivity index (χ0) is 19.8. The second-order valence-electron chi connectivity index (χ2n) is 9.41. The summed E-state index contributed by atoms with van der Waals surface area (Å²) in [5.74, 6) is 2.35. The van der Waals surface area contributed by atoms with Gasteiger partial charge < -0.3 is 5.32 Å². The molecular formula is C20H25ClF3N3O. The number of nitrogens with zero attached hydrogens (tertiary/aromatic N) is 2. The van der Waals surface area contributed by atoms with Gasteiger partial charge in [-0.1, -0.05) is 11.6 Å². The maximum Gasteiger partial charge on any atom is 0.436 e. The maximum atomic E-state index is 13.3. The van der Waals surface area contributed by atoms with E-state index in [1.54, 1.807) is 6.92 Å². The molecule has 0 saturated heterocycles. The van der Waals surface area contributed by atoms with E-state index in [0.29, 0.717) is 17.5 Å². The van der Waals surface area contributed by atoms with Gasteiger partial charge in [0.05, 0.1) is 10.7 Å². The summed E-state index contributed by atoms with van der Waals surface area (Å²) in [5, 5.41) is 6.59. The molecule has 1 heterocycles. The quantitative estimate of drug-likeness (QED) is 0.757. The Morgan fingerprint density at radius 3 is 2.21 bits per heavy atom. The van der Waals surface area contributed by atoms with E-state index < -0.39 is 17.9 Å². The lowest BCUT2D eigenvalue weighted by molar-refractivity contribution is -0.142. The number of carbonyl (C=O) groups is 1. The minimum atomic E-state index is -4.62. The van der Waals surface area contributed by atoms with Crippen molar-refractivity contribution in [2.45, 2.75) is 76.0 Å². The summed E-state index contributed by atoms with van der Waals surface area (Å²) >= 11 is 6.05. The molecule has 1 N–H and O–H groups in total. The van der Waals surface area contributed by atoms with Crippen molar-refractivity contribution in [2.24, 2.45) is 23.7 Å². The van der Waals surface area contributed by atoms with E-state index in [1.807, 2.05) is 0 Å². The van der Waals surface area contributed by atoms with Crippen LogP contribution in [0.3, 0.4) is 0 Å². The van der Waals surface area contributed by atoms with Crippen molar-refractivity contribution < 1.29 is 18.0 Å². The van der Waals surface area contributed by atoms with Crippen molar-refractivity contribution in [2.75, 3.05) is 0 Å². The molecule has 0 spiro atoms. The first-order chi connectivity index (χ1) is 13.2. The molecule has 0 aromatic carbocycles. The van der Waals surface area contributed by atoms with Crippen LogP contribution in [0.25, 0.3) is 0 Å². The Balaban J connectivity index is 1.38. The minimum absolute atomic E-state index is 0.0347. The van der Waals surface area contributed by atoms with Gasteiger partial charge in [-0.25, -0.2) is 0 Å². The summed E-state index contributed by atoms with van der Waals surface area (Å²) in [7, 11) is 0. The molecule has 4 nitrogen and oxygen atoms in total. The molecule has 0 aliphatic heterocycles. The summed E-state index contributed by atoms with van der Waals surface area (Å²) in [6.07, 6.45) is 2.97. The van der Waals surface area contributed by atoms with Gasteiger partial charge in [-0.05, 0) is 75.5 Å². The van der Waals surface area contributed by atoms with Crippen LogP contribution in [0.15, 0.2) is 0 Å². The number of halogens is 4. The monoisotopic (exact) mass is 415 g/mol. The average Bonchev–Trinajstić information content (AvgIpc) is 3.38. The highest BCUT2D eigenvalue weighted by molar-refractivity contribution is 6.32. The van der Waals surface area contributed by atoms with Gasteiger partial charge in [0.25, 0.3) is 0 Å². The number of hydrogen-bond acceptors (Lipinski definition) is 2. The standard InChI is InChI=1S/C20H25ClF3N3O/c1-9(27-17(12-2-3-12)15(21)18(26-27)20(22,23)24)19(28)25-16-13-5-10-4-11(7-13)8-14(16)6-10/h9-14,16H,2-8H2,1H3,(H,25,28). The zero-order valence-corrected chi connectivity index (χ0v) is 16.6. The van der Waals surface area contributed by atoms with Crippen molar-refractivity contribution in [3.8, 4) is 0 Å². The van der Waals surface area contributed by atoms with E-state index in [2.05, 4.69) is 10.4 Å². The molecule has 8 heteroatoms. The van der Waals surface area contributed by atoms with E-state index >= 15 is 0 Å². The number of rotatable bonds is 4. The lowest BCUT2D eigenvalue weighted by Crippen LogP contribution is -2.56. The molecule has 0 radical (unpaired) electrons. The number of carbonyl (C=O) groups excluding carboxylic acids is 1. The van der Waals surface area contributed by atoms with E-state index in [-0.39, 0.29) is 22.9 Å². The third kappa shape index (κ3) is 3.04. The number of nitrogens with one attached hydrogen (secondary N) is 1. The van der Waals surface area contributed by atoms with E-state index in [9.17, 15) is 18.0 Å². The van der Waals surface area contributed by atoms with Gasteiger partial charge >= 0.3 is 6.18 Å². The Labute approximate surface area is 167 Å². The Bertz CT molecular complexity index is 773. The van der Waals surface area contributed by atoms with Crippen molar-refractivity contribution in [1.82, 2.24) is 15.1 Å². The van der Waals surface area contributed by atoms with Crippen LogP contribution in [0.2, 0.25) is 5.02 Å². The van der Waals surface area contributed by atoms with Gasteiger partial charge in [-0.15, -0.1) is 0 Å². The first-order valence-electron chi connectivity index (χ1n) is 10.4. The zero-order valence-electron chi connectivity index (χ0n) is 15.8. The van der Waals surface area contributed by atoms with Gasteiger partial charge in [0, 0.05) is 12.0 Å². The fraction of sp³-hybridized carbons (Fsp3) is 0.800. The largest absolute Gasteiger partial charge is 0.436 e. The predicted molar refractivity (Wildman–Crippen MR) is 97.9 cm³/mol. The van der Waals surface area contributed by atoms with Crippen LogP contribution in [-0.2, 0) is 11.0 Å². The predicted octanol–water partition coefficient (Wildman–Crippen LogP) is 4.93. The lowest BCUT2D eigenvalue weighted by atomic mass is 9.54. The summed E-state index contributed by atoms with van der Waals surface area (Å²) in [6, 6.07) is -0.651. The van der Waals surface area contributed by atoms with Gasteiger partial charge in [-0.3, -0.25) is 9.48 Å². The molecular weight excluding hydrogens is 391 g/mol. The fourth-order valence-corrected chi connectivity index (χ4v) is 6.57. The van der Waals surface area contributed by atoms with Crippen LogP contribution in [0.4, 0.5) is 13.2 Å². The lowest BCUT2D eigenvalue weighted by Gasteiger charge is -2.54. The second-order valence-corrected chi connectivity index (χ2v) is 9.78. The molecule has 5 saturated carbocycles. The summed E-state index contributed by atoms with van der Waals surface area (Å²) in [5.41, 5.74) is -0.716. The second kappa shape index (κ2) is 6.38. The molecule has 4 bridgehead atoms. The summed E-state index contributed by atoms with van der Waals surface area (Å²) in [4.78, 5) is 13.0. The van der Waals surface area contributed by atoms with Crippen LogP contribution in [0.5, 0.6) is 0 Å². The minimum Gasteiger partial charge on any atom is -0.351 e. The molecule has 5 aliphatic carbocycles. The van der Waals surface area contributed by atoms with Crippen molar-refractivity contribution >= 4 is 17.5 Å². The molecule has 28 heavy (non-hydrogen) atoms. The first kappa shape index (κ1) is 18.8. The van der Waals surface area contributed by atoms with Crippen molar-refractivity contribution in [3.05, 3.63) is 16.4 Å². The van der Waals surface area contributed by atoms with Gasteiger partial charge in [0.2, 0.25) is 5.91 Å². The highest BCUT2D eigenvalue weighted by Gasteiger charge is 2.49. The summed E-state index contributed by atoms with van der Waals surface area (Å²) in [6.45, 7) is 1.63. The molecule has 5 fully saturated rings. The molecule has 1 amide bonds.